The predicted molar refractivity (Wildman–Crippen MR) is 60.6 cm³/mol. The zero-order valence-corrected chi connectivity index (χ0v) is 9.17. The van der Waals surface area contributed by atoms with Crippen molar-refractivity contribution in [2.75, 3.05) is 11.9 Å². The Labute approximate surface area is 86.0 Å². The zero-order valence-electron chi connectivity index (χ0n) is 9.17. The minimum Gasteiger partial charge on any atom is -0.396 e. The van der Waals surface area contributed by atoms with Crippen molar-refractivity contribution in [3.8, 4) is 0 Å². The maximum Gasteiger partial charge on any atom is 0.0453 e. The highest BCUT2D eigenvalue weighted by Crippen LogP contribution is 2.20. The number of anilines is 1. The van der Waals surface area contributed by atoms with Gasteiger partial charge < -0.3 is 10.4 Å². The van der Waals surface area contributed by atoms with Crippen molar-refractivity contribution < 1.29 is 5.11 Å². The smallest absolute Gasteiger partial charge is 0.0453 e. The maximum atomic E-state index is 8.91. The Morgan fingerprint density at radius 2 is 1.93 bits per heavy atom. The Morgan fingerprint density at radius 1 is 1.29 bits per heavy atom. The summed E-state index contributed by atoms with van der Waals surface area (Å²) in [6, 6.07) is 8.19. The van der Waals surface area contributed by atoms with Gasteiger partial charge in [-0.1, -0.05) is 18.2 Å². The first-order valence-electron chi connectivity index (χ1n) is 5.00. The van der Waals surface area contributed by atoms with Crippen molar-refractivity contribution in [2.24, 2.45) is 0 Å². The minimum atomic E-state index is -0.0547. The second-order valence-electron chi connectivity index (χ2n) is 4.30. The van der Waals surface area contributed by atoms with Crippen molar-refractivity contribution in [2.45, 2.75) is 32.7 Å². The second-order valence-corrected chi connectivity index (χ2v) is 4.30. The van der Waals surface area contributed by atoms with Crippen LogP contribution in [-0.4, -0.2) is 17.3 Å². The molecule has 0 fully saturated rings. The lowest BCUT2D eigenvalue weighted by Crippen LogP contribution is -2.32. The fraction of sp³-hybridized carbons (Fsp3) is 0.500. The lowest BCUT2D eigenvalue weighted by Gasteiger charge is -2.27. The summed E-state index contributed by atoms with van der Waals surface area (Å²) < 4.78 is 0. The molecule has 2 nitrogen and oxygen atoms in total. The van der Waals surface area contributed by atoms with E-state index in [9.17, 15) is 0 Å². The summed E-state index contributed by atoms with van der Waals surface area (Å²) in [5.41, 5.74) is 2.32. The fourth-order valence-electron chi connectivity index (χ4n) is 1.42. The minimum absolute atomic E-state index is 0.0547. The molecule has 0 heterocycles. The molecular weight excluding hydrogens is 174 g/mol. The van der Waals surface area contributed by atoms with Gasteiger partial charge in [-0.05, 0) is 38.8 Å². The van der Waals surface area contributed by atoms with Gasteiger partial charge >= 0.3 is 0 Å². The average molecular weight is 193 g/mol. The van der Waals surface area contributed by atoms with Crippen molar-refractivity contribution in [1.29, 1.82) is 0 Å². The Kier molecular flexibility index (Phi) is 3.53. The van der Waals surface area contributed by atoms with Crippen LogP contribution in [-0.2, 0) is 0 Å². The van der Waals surface area contributed by atoms with E-state index in [2.05, 4.69) is 38.2 Å². The number of rotatable bonds is 4. The molecule has 2 heteroatoms. The molecule has 0 aromatic heterocycles. The Bertz CT molecular complexity index is 294. The van der Waals surface area contributed by atoms with Crippen LogP contribution in [0.4, 0.5) is 5.69 Å². The van der Waals surface area contributed by atoms with Crippen molar-refractivity contribution >= 4 is 5.69 Å². The van der Waals surface area contributed by atoms with Gasteiger partial charge in [0.15, 0.2) is 0 Å². The van der Waals surface area contributed by atoms with E-state index in [1.165, 1.54) is 5.56 Å². The van der Waals surface area contributed by atoms with E-state index in [0.29, 0.717) is 0 Å². The number of para-hydroxylation sites is 1. The molecule has 0 amide bonds. The van der Waals surface area contributed by atoms with Gasteiger partial charge in [0.1, 0.15) is 0 Å². The predicted octanol–water partition coefficient (Wildman–Crippen LogP) is 2.57. The van der Waals surface area contributed by atoms with Crippen LogP contribution in [0.3, 0.4) is 0 Å². The van der Waals surface area contributed by atoms with E-state index in [1.54, 1.807) is 0 Å². The second kappa shape index (κ2) is 4.47. The van der Waals surface area contributed by atoms with Crippen LogP contribution in [0.25, 0.3) is 0 Å². The molecule has 0 radical (unpaired) electrons. The number of aliphatic hydroxyl groups excluding tert-OH is 1. The number of nitrogens with one attached hydrogen (secondary N) is 1. The molecule has 14 heavy (non-hydrogen) atoms. The molecule has 0 unspecified atom stereocenters. The molecule has 0 bridgehead atoms. The molecule has 1 aromatic carbocycles. The largest absolute Gasteiger partial charge is 0.396 e. The van der Waals surface area contributed by atoms with Crippen LogP contribution in [0, 0.1) is 6.92 Å². The van der Waals surface area contributed by atoms with Gasteiger partial charge in [-0.15, -0.1) is 0 Å². The fourth-order valence-corrected chi connectivity index (χ4v) is 1.42. The van der Waals surface area contributed by atoms with Gasteiger partial charge in [0, 0.05) is 17.8 Å². The molecule has 0 saturated heterocycles. The Morgan fingerprint density at radius 3 is 2.50 bits per heavy atom. The number of benzene rings is 1. The molecule has 0 spiro atoms. The molecule has 1 aromatic rings. The van der Waals surface area contributed by atoms with E-state index in [1.807, 2.05) is 12.1 Å². The topological polar surface area (TPSA) is 32.3 Å². The summed E-state index contributed by atoms with van der Waals surface area (Å²) in [6.07, 6.45) is 0.751. The SMILES string of the molecule is Cc1ccccc1NC(C)(C)CCO. The highest BCUT2D eigenvalue weighted by Gasteiger charge is 2.16. The number of aliphatic hydroxyl groups is 1. The third-order valence-electron chi connectivity index (χ3n) is 2.35. The molecule has 78 valence electrons. The van der Waals surface area contributed by atoms with Gasteiger partial charge in [0.25, 0.3) is 0 Å². The quantitative estimate of drug-likeness (QED) is 0.770. The van der Waals surface area contributed by atoms with Crippen LogP contribution in [0.5, 0.6) is 0 Å². The van der Waals surface area contributed by atoms with E-state index in [0.717, 1.165) is 12.1 Å². The third kappa shape index (κ3) is 3.04. The first-order chi connectivity index (χ1) is 6.55. The summed E-state index contributed by atoms with van der Waals surface area (Å²) in [6.45, 7) is 6.48. The van der Waals surface area contributed by atoms with E-state index < -0.39 is 0 Å². The molecule has 0 saturated carbocycles. The van der Waals surface area contributed by atoms with Crippen LogP contribution < -0.4 is 5.32 Å². The molecule has 0 aliphatic rings. The first kappa shape index (κ1) is 11.1. The van der Waals surface area contributed by atoms with E-state index in [-0.39, 0.29) is 12.1 Å². The summed E-state index contributed by atoms with van der Waals surface area (Å²) in [5.74, 6) is 0. The lowest BCUT2D eigenvalue weighted by molar-refractivity contribution is 0.261. The average Bonchev–Trinajstić information content (AvgIpc) is 2.08. The lowest BCUT2D eigenvalue weighted by atomic mass is 10.00. The molecule has 0 atom stereocenters. The molecule has 0 aliphatic carbocycles. The number of aryl methyl sites for hydroxylation is 1. The van der Waals surface area contributed by atoms with Crippen LogP contribution in [0.1, 0.15) is 25.8 Å². The standard InChI is InChI=1S/C12H19NO/c1-10-6-4-5-7-11(10)13-12(2,3)8-9-14/h4-7,13-14H,8-9H2,1-3H3. The van der Waals surface area contributed by atoms with E-state index in [4.69, 9.17) is 5.11 Å². The van der Waals surface area contributed by atoms with Crippen molar-refractivity contribution in [3.63, 3.8) is 0 Å². The Balaban J connectivity index is 2.73. The first-order valence-corrected chi connectivity index (χ1v) is 5.00. The summed E-state index contributed by atoms with van der Waals surface area (Å²) >= 11 is 0. The van der Waals surface area contributed by atoms with Crippen LogP contribution >= 0.6 is 0 Å². The highest BCUT2D eigenvalue weighted by molar-refractivity contribution is 5.51. The number of hydrogen-bond acceptors (Lipinski definition) is 2. The van der Waals surface area contributed by atoms with Crippen LogP contribution in [0.15, 0.2) is 24.3 Å². The normalized spacial score (nSPS) is 11.4. The van der Waals surface area contributed by atoms with Crippen molar-refractivity contribution in [3.05, 3.63) is 29.8 Å². The molecular formula is C12H19NO. The van der Waals surface area contributed by atoms with Crippen molar-refractivity contribution in [1.82, 2.24) is 0 Å². The van der Waals surface area contributed by atoms with Gasteiger partial charge in [0.05, 0.1) is 0 Å². The summed E-state index contributed by atoms with van der Waals surface area (Å²) in [4.78, 5) is 0. The van der Waals surface area contributed by atoms with Gasteiger partial charge in [-0.2, -0.15) is 0 Å². The maximum absolute atomic E-state index is 8.91. The van der Waals surface area contributed by atoms with Crippen LogP contribution in [0.2, 0.25) is 0 Å². The summed E-state index contributed by atoms with van der Waals surface area (Å²) in [5, 5.41) is 12.3. The summed E-state index contributed by atoms with van der Waals surface area (Å²) in [7, 11) is 0. The monoisotopic (exact) mass is 193 g/mol. The van der Waals surface area contributed by atoms with E-state index >= 15 is 0 Å². The molecule has 1 rings (SSSR count). The zero-order chi connectivity index (χ0) is 10.6. The molecule has 2 N–H and O–H groups in total. The third-order valence-corrected chi connectivity index (χ3v) is 2.35. The van der Waals surface area contributed by atoms with Gasteiger partial charge in [0.2, 0.25) is 0 Å². The Hall–Kier alpha value is -1.02. The highest BCUT2D eigenvalue weighted by atomic mass is 16.3. The van der Waals surface area contributed by atoms with Gasteiger partial charge in [-0.25, -0.2) is 0 Å². The van der Waals surface area contributed by atoms with Gasteiger partial charge in [-0.3, -0.25) is 0 Å². The number of hydrogen-bond donors (Lipinski definition) is 2. The molecule has 0 aliphatic heterocycles.